The number of alkyl halides is 3. The van der Waals surface area contributed by atoms with E-state index in [1.807, 2.05) is 0 Å². The summed E-state index contributed by atoms with van der Waals surface area (Å²) in [6.45, 7) is 0.252. The van der Waals surface area contributed by atoms with Gasteiger partial charge in [0.2, 0.25) is 0 Å². The van der Waals surface area contributed by atoms with Crippen LogP contribution < -0.4 is 11.5 Å². The minimum absolute atomic E-state index is 0.0541. The lowest BCUT2D eigenvalue weighted by molar-refractivity contribution is -0.137. The molecule has 0 amide bonds. The van der Waals surface area contributed by atoms with Crippen LogP contribution in [0.1, 0.15) is 23.6 Å². The van der Waals surface area contributed by atoms with Crippen LogP contribution in [0.4, 0.5) is 17.6 Å². The van der Waals surface area contributed by atoms with Gasteiger partial charge in [-0.2, -0.15) is 13.2 Å². The van der Waals surface area contributed by atoms with Crippen molar-refractivity contribution >= 4 is 0 Å². The minimum Gasteiger partial charge on any atom is -0.330 e. The molecule has 6 heteroatoms. The average Bonchev–Trinajstić information content (AvgIpc) is 2.16. The summed E-state index contributed by atoms with van der Waals surface area (Å²) in [5.74, 6) is -0.948. The average molecular weight is 236 g/mol. The van der Waals surface area contributed by atoms with Gasteiger partial charge in [-0.15, -0.1) is 0 Å². The van der Waals surface area contributed by atoms with Crippen molar-refractivity contribution in [2.24, 2.45) is 11.5 Å². The molecule has 0 aliphatic rings. The van der Waals surface area contributed by atoms with Crippen LogP contribution in [0.25, 0.3) is 0 Å². The van der Waals surface area contributed by atoms with Crippen LogP contribution >= 0.6 is 0 Å². The van der Waals surface area contributed by atoms with Crippen molar-refractivity contribution in [1.29, 1.82) is 0 Å². The van der Waals surface area contributed by atoms with Crippen molar-refractivity contribution in [3.05, 3.63) is 35.1 Å². The summed E-state index contributed by atoms with van der Waals surface area (Å²) >= 11 is 0. The standard InChI is InChI=1S/C10H12F4N2/c11-8-5-6(10(12,13)14)1-2-7(8)9(16)3-4-15/h1-2,5,9H,3-4,15-16H2/t9-/m0/s1. The summed E-state index contributed by atoms with van der Waals surface area (Å²) in [4.78, 5) is 0. The number of hydrogen-bond donors (Lipinski definition) is 2. The Labute approximate surface area is 90.2 Å². The topological polar surface area (TPSA) is 52.0 Å². The van der Waals surface area contributed by atoms with E-state index in [0.717, 1.165) is 12.1 Å². The van der Waals surface area contributed by atoms with Gasteiger partial charge < -0.3 is 11.5 Å². The fraction of sp³-hybridized carbons (Fsp3) is 0.400. The molecular formula is C10H12F4N2. The van der Waals surface area contributed by atoms with Crippen molar-refractivity contribution in [3.63, 3.8) is 0 Å². The Kier molecular flexibility index (Phi) is 3.88. The predicted octanol–water partition coefficient (Wildman–Crippen LogP) is 2.19. The molecule has 16 heavy (non-hydrogen) atoms. The highest BCUT2D eigenvalue weighted by Gasteiger charge is 2.31. The molecular weight excluding hydrogens is 224 g/mol. The lowest BCUT2D eigenvalue weighted by Gasteiger charge is -2.13. The zero-order chi connectivity index (χ0) is 12.3. The van der Waals surface area contributed by atoms with Gasteiger partial charge in [-0.1, -0.05) is 6.07 Å². The first-order valence-electron chi connectivity index (χ1n) is 4.68. The summed E-state index contributed by atoms with van der Waals surface area (Å²) in [5.41, 5.74) is 9.83. The molecule has 0 heterocycles. The van der Waals surface area contributed by atoms with Crippen molar-refractivity contribution < 1.29 is 17.6 Å². The third-order valence-corrected chi connectivity index (χ3v) is 2.20. The van der Waals surface area contributed by atoms with Gasteiger partial charge in [-0.05, 0) is 25.1 Å². The van der Waals surface area contributed by atoms with E-state index < -0.39 is 23.6 Å². The molecule has 90 valence electrons. The summed E-state index contributed by atoms with van der Waals surface area (Å²) in [6.07, 6.45) is -4.22. The summed E-state index contributed by atoms with van der Waals surface area (Å²) < 4.78 is 50.0. The van der Waals surface area contributed by atoms with Crippen molar-refractivity contribution in [2.45, 2.75) is 18.6 Å². The molecule has 2 nitrogen and oxygen atoms in total. The van der Waals surface area contributed by atoms with Gasteiger partial charge in [0.15, 0.2) is 0 Å². The third kappa shape index (κ3) is 2.93. The third-order valence-electron chi connectivity index (χ3n) is 2.20. The molecule has 0 bridgehead atoms. The summed E-state index contributed by atoms with van der Waals surface area (Å²) in [7, 11) is 0. The minimum atomic E-state index is -4.54. The van der Waals surface area contributed by atoms with E-state index >= 15 is 0 Å². The molecule has 1 atom stereocenters. The van der Waals surface area contributed by atoms with Crippen LogP contribution in [0.2, 0.25) is 0 Å². The maximum atomic E-state index is 13.3. The largest absolute Gasteiger partial charge is 0.416 e. The molecule has 4 N–H and O–H groups in total. The number of hydrogen-bond acceptors (Lipinski definition) is 2. The summed E-state index contributed by atoms with van der Waals surface area (Å²) in [5, 5.41) is 0. The van der Waals surface area contributed by atoms with Gasteiger partial charge in [0.1, 0.15) is 5.82 Å². The fourth-order valence-corrected chi connectivity index (χ4v) is 1.34. The normalized spacial score (nSPS) is 13.9. The molecule has 1 rings (SSSR count). The Morgan fingerprint density at radius 1 is 1.25 bits per heavy atom. The Morgan fingerprint density at radius 3 is 2.31 bits per heavy atom. The van der Waals surface area contributed by atoms with Crippen molar-refractivity contribution in [1.82, 2.24) is 0 Å². The predicted molar refractivity (Wildman–Crippen MR) is 52.0 cm³/mol. The van der Waals surface area contributed by atoms with Crippen LogP contribution in [-0.4, -0.2) is 6.54 Å². The maximum Gasteiger partial charge on any atom is 0.416 e. The SMILES string of the molecule is NCC[C@H](N)c1ccc(C(F)(F)F)cc1F. The monoisotopic (exact) mass is 236 g/mol. The fourth-order valence-electron chi connectivity index (χ4n) is 1.34. The van der Waals surface area contributed by atoms with E-state index in [1.54, 1.807) is 0 Å². The molecule has 0 saturated carbocycles. The highest BCUT2D eigenvalue weighted by Crippen LogP contribution is 2.31. The molecule has 0 aliphatic heterocycles. The first-order chi connectivity index (χ1) is 7.36. The highest BCUT2D eigenvalue weighted by atomic mass is 19.4. The second-order valence-electron chi connectivity index (χ2n) is 3.42. The zero-order valence-corrected chi connectivity index (χ0v) is 8.39. The van der Waals surface area contributed by atoms with Crippen molar-refractivity contribution in [2.75, 3.05) is 6.54 Å². The zero-order valence-electron chi connectivity index (χ0n) is 8.39. The van der Waals surface area contributed by atoms with Gasteiger partial charge in [-0.25, -0.2) is 4.39 Å². The Morgan fingerprint density at radius 2 is 1.88 bits per heavy atom. The molecule has 0 saturated heterocycles. The molecule has 1 aromatic carbocycles. The van der Waals surface area contributed by atoms with Crippen LogP contribution in [0.3, 0.4) is 0 Å². The quantitative estimate of drug-likeness (QED) is 0.790. The number of benzene rings is 1. The second-order valence-corrected chi connectivity index (χ2v) is 3.42. The molecule has 0 fully saturated rings. The lowest BCUT2D eigenvalue weighted by atomic mass is 10.0. The van der Waals surface area contributed by atoms with E-state index in [-0.39, 0.29) is 12.1 Å². The first kappa shape index (κ1) is 12.9. The van der Waals surface area contributed by atoms with Gasteiger partial charge in [-0.3, -0.25) is 0 Å². The first-order valence-corrected chi connectivity index (χ1v) is 4.68. The lowest BCUT2D eigenvalue weighted by Crippen LogP contribution is -2.17. The second kappa shape index (κ2) is 4.80. The highest BCUT2D eigenvalue weighted by molar-refractivity contribution is 5.28. The van der Waals surface area contributed by atoms with Crippen LogP contribution in [0.5, 0.6) is 0 Å². The Bertz CT molecular complexity index is 362. The molecule has 1 aromatic rings. The molecule has 0 aliphatic carbocycles. The molecule has 0 spiro atoms. The number of rotatable bonds is 3. The van der Waals surface area contributed by atoms with E-state index in [2.05, 4.69) is 0 Å². The summed E-state index contributed by atoms with van der Waals surface area (Å²) in [6, 6.07) is 1.64. The number of nitrogens with two attached hydrogens (primary N) is 2. The maximum absolute atomic E-state index is 13.3. The number of halogens is 4. The Balaban J connectivity index is 3.00. The van der Waals surface area contributed by atoms with Crippen LogP contribution in [0.15, 0.2) is 18.2 Å². The van der Waals surface area contributed by atoms with E-state index in [9.17, 15) is 17.6 Å². The van der Waals surface area contributed by atoms with Crippen molar-refractivity contribution in [3.8, 4) is 0 Å². The Hall–Kier alpha value is -1.14. The molecule has 0 radical (unpaired) electrons. The van der Waals surface area contributed by atoms with E-state index in [0.29, 0.717) is 12.5 Å². The van der Waals surface area contributed by atoms with Gasteiger partial charge in [0, 0.05) is 11.6 Å². The van der Waals surface area contributed by atoms with Gasteiger partial charge >= 0.3 is 6.18 Å². The van der Waals surface area contributed by atoms with Crippen LogP contribution in [0, 0.1) is 5.82 Å². The molecule has 0 aromatic heterocycles. The van der Waals surface area contributed by atoms with Gasteiger partial charge in [0.25, 0.3) is 0 Å². The van der Waals surface area contributed by atoms with Crippen LogP contribution in [-0.2, 0) is 6.18 Å². The van der Waals surface area contributed by atoms with Gasteiger partial charge in [0.05, 0.1) is 5.56 Å². The smallest absolute Gasteiger partial charge is 0.330 e. The molecule has 0 unspecified atom stereocenters. The van der Waals surface area contributed by atoms with E-state index in [4.69, 9.17) is 11.5 Å². The van der Waals surface area contributed by atoms with E-state index in [1.165, 1.54) is 0 Å².